The van der Waals surface area contributed by atoms with E-state index in [0.717, 1.165) is 51.4 Å². The van der Waals surface area contributed by atoms with Gasteiger partial charge in [-0.25, -0.2) is 0 Å². The molecular formula is C44H82O5Si3. The van der Waals surface area contributed by atoms with Crippen LogP contribution in [0.15, 0.2) is 42.5 Å². The molecule has 52 heavy (non-hydrogen) atoms. The van der Waals surface area contributed by atoms with Gasteiger partial charge in [0.2, 0.25) is 0 Å². The number of aryl methyl sites for hydroxylation is 1. The molecule has 0 saturated heterocycles. The largest absolute Gasteiger partial charge is 0.463 e. The Bertz CT molecular complexity index is 1090. The first-order valence-electron chi connectivity index (χ1n) is 21.9. The van der Waals surface area contributed by atoms with Gasteiger partial charge < -0.3 is 18.0 Å². The third-order valence-electron chi connectivity index (χ3n) is 13.1. The van der Waals surface area contributed by atoms with E-state index in [-0.39, 0.29) is 30.4 Å². The molecule has 0 heterocycles. The maximum atomic E-state index is 12.1. The monoisotopic (exact) mass is 775 g/mol. The molecular weight excluding hydrogens is 693 g/mol. The summed E-state index contributed by atoms with van der Waals surface area (Å²) in [6.45, 7) is 25.1. The van der Waals surface area contributed by atoms with Gasteiger partial charge in [-0.05, 0) is 137 Å². The van der Waals surface area contributed by atoms with E-state index >= 15 is 0 Å². The molecule has 5 atom stereocenters. The second-order valence-corrected chi connectivity index (χ2v) is 30.3. The first-order chi connectivity index (χ1) is 25.0. The van der Waals surface area contributed by atoms with Gasteiger partial charge in [0.05, 0.1) is 18.3 Å². The molecule has 1 aromatic carbocycles. The zero-order valence-electron chi connectivity index (χ0n) is 35.8. The van der Waals surface area contributed by atoms with E-state index in [4.69, 9.17) is 18.0 Å². The molecule has 8 heteroatoms. The van der Waals surface area contributed by atoms with Crippen LogP contribution in [0.1, 0.15) is 133 Å². The van der Waals surface area contributed by atoms with E-state index in [9.17, 15) is 4.79 Å². The summed E-state index contributed by atoms with van der Waals surface area (Å²) in [6.07, 6.45) is 14.0. The Kier molecular flexibility index (Phi) is 22.2. The van der Waals surface area contributed by atoms with Crippen LogP contribution in [0.3, 0.4) is 0 Å². The van der Waals surface area contributed by atoms with Crippen molar-refractivity contribution >= 4 is 30.9 Å². The smallest absolute Gasteiger partial charge is 0.306 e. The number of carbonyl (C=O) groups is 1. The van der Waals surface area contributed by atoms with Crippen LogP contribution >= 0.6 is 0 Å². The molecule has 0 N–H and O–H groups in total. The normalized spacial score (nSPS) is 20.6. The van der Waals surface area contributed by atoms with Gasteiger partial charge in [-0.3, -0.25) is 4.79 Å². The molecule has 0 radical (unpaired) electrons. The van der Waals surface area contributed by atoms with E-state index in [0.29, 0.717) is 18.3 Å². The number of unbranched alkanes of at least 4 members (excludes halogenated alkanes) is 1. The van der Waals surface area contributed by atoms with Crippen LogP contribution in [0.5, 0.6) is 0 Å². The van der Waals surface area contributed by atoms with Crippen molar-refractivity contribution in [2.45, 2.75) is 213 Å². The van der Waals surface area contributed by atoms with Gasteiger partial charge in [-0.15, -0.1) is 0 Å². The highest BCUT2D eigenvalue weighted by molar-refractivity contribution is 6.74. The molecule has 0 aliphatic heterocycles. The number of carbonyl (C=O) groups excluding carboxylic acids is 1. The standard InChI is InChI=1S/C44H82O5Si3/c1-12-50(13-2,14-3)47-39(33-32-38-28-24-23-25-29-38)34-35-41-40(30-26-21-22-27-31-44(45)46-37(10)11)42(48-51(15-4,16-5)17-6)36-43(41)49-52(18-7,19-8)20-9/h21,23-26,28-29,37,39-43H,12-20,22,27,30-36H2,1-11H3/b26-21-/t39?,40-,41-,42?,43?/m1/s1. The van der Waals surface area contributed by atoms with Gasteiger partial charge in [-0.1, -0.05) is 105 Å². The van der Waals surface area contributed by atoms with Crippen molar-refractivity contribution in [3.05, 3.63) is 48.0 Å². The Morgan fingerprint density at radius 3 is 1.73 bits per heavy atom. The maximum Gasteiger partial charge on any atom is 0.306 e. The molecule has 300 valence electrons. The average molecular weight is 775 g/mol. The lowest BCUT2D eigenvalue weighted by atomic mass is 9.85. The van der Waals surface area contributed by atoms with Crippen LogP contribution in [0.25, 0.3) is 0 Å². The molecule has 0 spiro atoms. The molecule has 0 aromatic heterocycles. The number of hydrogen-bond acceptors (Lipinski definition) is 5. The predicted octanol–water partition coefficient (Wildman–Crippen LogP) is 13.3. The molecule has 2 rings (SSSR count). The summed E-state index contributed by atoms with van der Waals surface area (Å²) >= 11 is 0. The first kappa shape index (κ1) is 47.1. The van der Waals surface area contributed by atoms with Crippen molar-refractivity contribution in [3.63, 3.8) is 0 Å². The highest BCUT2D eigenvalue weighted by atomic mass is 28.4. The van der Waals surface area contributed by atoms with Gasteiger partial charge in [0.15, 0.2) is 25.0 Å². The van der Waals surface area contributed by atoms with Crippen molar-refractivity contribution in [2.24, 2.45) is 11.8 Å². The van der Waals surface area contributed by atoms with Crippen LogP contribution in [-0.2, 0) is 29.2 Å². The van der Waals surface area contributed by atoms with Gasteiger partial charge in [0.1, 0.15) is 0 Å². The fourth-order valence-electron chi connectivity index (χ4n) is 8.79. The third kappa shape index (κ3) is 14.6. The summed E-state index contributed by atoms with van der Waals surface area (Å²) in [5.74, 6) is 0.794. The Hall–Kier alpha value is -1.04. The third-order valence-corrected chi connectivity index (χ3v) is 27.1. The number of esters is 1. The summed E-state index contributed by atoms with van der Waals surface area (Å²) in [5, 5.41) is 0. The van der Waals surface area contributed by atoms with Crippen LogP contribution in [0.4, 0.5) is 0 Å². The van der Waals surface area contributed by atoms with Gasteiger partial charge >= 0.3 is 5.97 Å². The molecule has 5 nitrogen and oxygen atoms in total. The molecule has 0 bridgehead atoms. The van der Waals surface area contributed by atoms with E-state index in [1.807, 2.05) is 13.8 Å². The Balaban J connectivity index is 2.46. The molecule has 1 aliphatic carbocycles. The lowest BCUT2D eigenvalue weighted by Crippen LogP contribution is -2.42. The molecule has 3 unspecified atom stereocenters. The van der Waals surface area contributed by atoms with Gasteiger partial charge in [0, 0.05) is 12.5 Å². The average Bonchev–Trinajstić information content (AvgIpc) is 3.48. The lowest BCUT2D eigenvalue weighted by molar-refractivity contribution is -0.147. The van der Waals surface area contributed by atoms with Crippen molar-refractivity contribution in [3.8, 4) is 0 Å². The summed E-state index contributed by atoms with van der Waals surface area (Å²) in [4.78, 5) is 12.1. The topological polar surface area (TPSA) is 54.0 Å². The number of hydrogen-bond donors (Lipinski definition) is 0. The van der Waals surface area contributed by atoms with Crippen molar-refractivity contribution in [1.29, 1.82) is 0 Å². The highest BCUT2D eigenvalue weighted by Crippen LogP contribution is 2.46. The fraction of sp³-hybridized carbons (Fsp3) is 0.795. The van der Waals surface area contributed by atoms with Crippen molar-refractivity contribution in [1.82, 2.24) is 0 Å². The summed E-state index contributed by atoms with van der Waals surface area (Å²) < 4.78 is 27.7. The second kappa shape index (κ2) is 24.5. The van der Waals surface area contributed by atoms with Crippen LogP contribution < -0.4 is 0 Å². The molecule has 1 aromatic rings. The Morgan fingerprint density at radius 1 is 0.712 bits per heavy atom. The second-order valence-electron chi connectivity index (χ2n) is 16.1. The van der Waals surface area contributed by atoms with Gasteiger partial charge in [-0.2, -0.15) is 0 Å². The molecule has 0 amide bonds. The number of allylic oxidation sites excluding steroid dienone is 2. The van der Waals surface area contributed by atoms with Crippen LogP contribution in [0.2, 0.25) is 54.4 Å². The Morgan fingerprint density at radius 2 is 1.23 bits per heavy atom. The van der Waals surface area contributed by atoms with E-state index in [2.05, 4.69) is 105 Å². The lowest BCUT2D eigenvalue weighted by Gasteiger charge is -2.37. The van der Waals surface area contributed by atoms with Gasteiger partial charge in [0.25, 0.3) is 0 Å². The summed E-state index contributed by atoms with van der Waals surface area (Å²) in [6, 6.07) is 21.6. The summed E-state index contributed by atoms with van der Waals surface area (Å²) in [7, 11) is -5.46. The van der Waals surface area contributed by atoms with Crippen LogP contribution in [-0.4, -0.2) is 55.3 Å². The zero-order chi connectivity index (χ0) is 38.6. The van der Waals surface area contributed by atoms with E-state index in [1.54, 1.807) is 0 Å². The molecule has 1 saturated carbocycles. The Labute approximate surface area is 325 Å². The fourth-order valence-corrected chi connectivity index (χ4v) is 17.6. The maximum absolute atomic E-state index is 12.1. The summed E-state index contributed by atoms with van der Waals surface area (Å²) in [5.41, 5.74) is 1.41. The number of rotatable bonds is 28. The highest BCUT2D eigenvalue weighted by Gasteiger charge is 2.49. The molecule has 1 fully saturated rings. The SMILES string of the molecule is CC[Si](CC)(CC)OC(CCc1ccccc1)CC[C@H]1C(O[Si](CC)(CC)CC)CC(O[Si](CC)(CC)CC)[C@@H]1C/C=C\CCCC(=O)OC(C)C. The minimum atomic E-state index is -1.84. The predicted molar refractivity (Wildman–Crippen MR) is 231 cm³/mol. The minimum absolute atomic E-state index is 0.0533. The molecule has 1 aliphatic rings. The zero-order valence-corrected chi connectivity index (χ0v) is 38.8. The van der Waals surface area contributed by atoms with Crippen LogP contribution in [0, 0.1) is 11.8 Å². The van der Waals surface area contributed by atoms with E-state index in [1.165, 1.54) is 60.0 Å². The van der Waals surface area contributed by atoms with Crippen molar-refractivity contribution < 1.29 is 22.8 Å². The quantitative estimate of drug-likeness (QED) is 0.0367. The number of ether oxygens (including phenoxy) is 1. The van der Waals surface area contributed by atoms with E-state index < -0.39 is 25.0 Å². The minimum Gasteiger partial charge on any atom is -0.463 e. The first-order valence-corrected chi connectivity index (χ1v) is 29.5. The number of benzene rings is 1. The van der Waals surface area contributed by atoms with Crippen molar-refractivity contribution in [2.75, 3.05) is 0 Å².